The number of hydrogen-bond acceptors (Lipinski definition) is 5. The first kappa shape index (κ1) is 32.4. The third kappa shape index (κ3) is 9.28. The fourth-order valence-electron chi connectivity index (χ4n) is 4.87. The van der Waals surface area contributed by atoms with E-state index in [1.54, 1.807) is 11.3 Å². The maximum Gasteiger partial charge on any atom is 0.339 e. The summed E-state index contributed by atoms with van der Waals surface area (Å²) < 4.78 is 9.51. The van der Waals surface area contributed by atoms with Crippen LogP contribution in [0.2, 0.25) is 0 Å². The zero-order chi connectivity index (χ0) is 30.9. The van der Waals surface area contributed by atoms with Crippen molar-refractivity contribution in [3.8, 4) is 0 Å². The molecule has 7 rings (SSSR count). The maximum atomic E-state index is 12.1. The summed E-state index contributed by atoms with van der Waals surface area (Å²) in [5.74, 6) is -0.00712. The van der Waals surface area contributed by atoms with Crippen LogP contribution in [0.25, 0.3) is 21.5 Å². The number of nitrogens with one attached hydrogen (secondary N) is 1. The van der Waals surface area contributed by atoms with Crippen LogP contribution in [0.15, 0.2) is 119 Å². The highest BCUT2D eigenvalue weighted by atomic mass is 36.0. The Balaban J connectivity index is 0.000000152. The Labute approximate surface area is 279 Å². The molecule has 0 spiro atoms. The molecule has 0 atom stereocenters. The average Bonchev–Trinajstić information content (AvgIpc) is 3.73. The molecular weight excluding hydrogens is 670 g/mol. The predicted octanol–water partition coefficient (Wildman–Crippen LogP) is 11.0. The summed E-state index contributed by atoms with van der Waals surface area (Å²) in [6, 6.07) is 35.3. The molecule has 0 saturated carbocycles. The summed E-state index contributed by atoms with van der Waals surface area (Å²) in [6.07, 6.45) is 1.97. The van der Waals surface area contributed by atoms with E-state index < -0.39 is 5.20 Å². The van der Waals surface area contributed by atoms with Crippen molar-refractivity contribution in [2.75, 3.05) is 13.1 Å². The summed E-state index contributed by atoms with van der Waals surface area (Å²) >= 11 is 17.4. The Bertz CT molecular complexity index is 1940. The Hall–Kier alpha value is -2.96. The number of thiophene rings is 2. The van der Waals surface area contributed by atoms with Crippen molar-refractivity contribution in [3.05, 3.63) is 140 Å². The lowest BCUT2D eigenvalue weighted by atomic mass is 9.97. The number of fused-ring (bicyclic) bond motifs is 3. The fraction of sp³-hybridized carbons (Fsp3) is 0.118. The second-order valence-corrected chi connectivity index (χ2v) is 18.5. The van der Waals surface area contributed by atoms with E-state index in [0.29, 0.717) is 6.54 Å². The van der Waals surface area contributed by atoms with Crippen LogP contribution in [0.3, 0.4) is 0 Å². The van der Waals surface area contributed by atoms with Crippen LogP contribution in [-0.2, 0) is 17.4 Å². The summed E-state index contributed by atoms with van der Waals surface area (Å²) in [4.78, 5) is 19.6. The number of carbonyl (C=O) groups is 1. The molecule has 4 aromatic carbocycles. The highest BCUT2D eigenvalue weighted by molar-refractivity contribution is 8.24. The summed E-state index contributed by atoms with van der Waals surface area (Å²) in [5.41, 5.74) is 4.44. The second-order valence-electron chi connectivity index (χ2n) is 9.85. The zero-order valence-electron chi connectivity index (χ0n) is 23.5. The van der Waals surface area contributed by atoms with Crippen molar-refractivity contribution >= 4 is 94.8 Å². The lowest BCUT2D eigenvalue weighted by molar-refractivity contribution is 0.0954. The topological polar surface area (TPSA) is 58.5 Å². The number of aliphatic imine (C=N–C) groups is 1. The first-order valence-electron chi connectivity index (χ1n) is 13.8. The van der Waals surface area contributed by atoms with Gasteiger partial charge >= 0.3 is 5.20 Å². The van der Waals surface area contributed by atoms with Crippen molar-refractivity contribution in [3.63, 3.8) is 0 Å². The second kappa shape index (κ2) is 15.4. The van der Waals surface area contributed by atoms with E-state index in [4.69, 9.17) is 4.99 Å². The van der Waals surface area contributed by atoms with Crippen LogP contribution in [0.5, 0.6) is 0 Å². The molecule has 44 heavy (non-hydrogen) atoms. The predicted molar refractivity (Wildman–Crippen MR) is 192 cm³/mol. The van der Waals surface area contributed by atoms with Gasteiger partial charge in [-0.2, -0.15) is 0 Å². The van der Waals surface area contributed by atoms with Crippen LogP contribution in [-0.4, -0.2) is 24.7 Å². The van der Waals surface area contributed by atoms with Gasteiger partial charge in [0.05, 0.1) is 5.71 Å². The number of benzene rings is 4. The standard InChI is InChI=1S/C17H15NOS.C17H13NS.Cl3OP/c19-17(18-10-9-16-6-3-11-20-16)15-8-7-13-4-1-2-5-14(13)12-15;1-2-4-13-11-14(6-5-12(13)3-1)17-15-8-10-19-16(15)7-9-18-17;1-5(2,3)4/h1-8,11-12H,9-10H2,(H,18,19);1-6,8,10-11H,7,9H2;. The van der Waals surface area contributed by atoms with Crippen molar-refractivity contribution < 1.29 is 9.36 Å². The SMILES string of the molecule is O=C(NCCc1cccs1)c1ccc2ccccc2c1.O=P(Cl)(Cl)Cl.c1ccc2cc(C3=NCCc4sccc43)ccc2c1. The molecule has 0 unspecified atom stereocenters. The number of nitrogens with zero attached hydrogens (tertiary/aromatic N) is 1. The van der Waals surface area contributed by atoms with E-state index in [-0.39, 0.29) is 5.91 Å². The quantitative estimate of drug-likeness (QED) is 0.182. The van der Waals surface area contributed by atoms with Crippen LogP contribution in [0.1, 0.15) is 31.2 Å². The first-order valence-corrected chi connectivity index (χ1v) is 20.0. The number of rotatable bonds is 5. The molecule has 2 aromatic heterocycles. The normalized spacial score (nSPS) is 12.3. The Morgan fingerprint density at radius 2 is 1.43 bits per heavy atom. The number of carbonyl (C=O) groups excluding carboxylic acids is 1. The van der Waals surface area contributed by atoms with Gasteiger partial charge in [0, 0.05) is 46.0 Å². The highest BCUT2D eigenvalue weighted by Crippen LogP contribution is 2.61. The van der Waals surface area contributed by atoms with Gasteiger partial charge in [-0.25, -0.2) is 0 Å². The van der Waals surface area contributed by atoms with Crippen molar-refractivity contribution in [1.82, 2.24) is 5.32 Å². The number of hydrogen-bond donors (Lipinski definition) is 1. The zero-order valence-corrected chi connectivity index (χ0v) is 28.3. The van der Waals surface area contributed by atoms with Gasteiger partial charge in [0.2, 0.25) is 0 Å². The molecular formula is C34H28Cl3N2O2PS2. The van der Waals surface area contributed by atoms with Crippen molar-refractivity contribution in [1.29, 1.82) is 0 Å². The van der Waals surface area contributed by atoms with E-state index in [1.165, 1.54) is 31.7 Å². The molecule has 0 radical (unpaired) electrons. The van der Waals surface area contributed by atoms with Gasteiger partial charge in [0.1, 0.15) is 0 Å². The average molecular weight is 698 g/mol. The van der Waals surface area contributed by atoms with Gasteiger partial charge in [-0.05, 0) is 103 Å². The molecule has 10 heteroatoms. The van der Waals surface area contributed by atoms with Crippen LogP contribution < -0.4 is 5.32 Å². The number of amides is 1. The van der Waals surface area contributed by atoms with Crippen LogP contribution in [0.4, 0.5) is 0 Å². The Morgan fingerprint density at radius 3 is 2.11 bits per heavy atom. The van der Waals surface area contributed by atoms with E-state index >= 15 is 0 Å². The molecule has 224 valence electrons. The molecule has 1 amide bonds. The molecule has 0 saturated heterocycles. The van der Waals surface area contributed by atoms with Crippen molar-refractivity contribution in [2.24, 2.45) is 4.99 Å². The lowest BCUT2D eigenvalue weighted by Gasteiger charge is -2.13. The minimum atomic E-state index is -3.22. The smallest absolute Gasteiger partial charge is 0.339 e. The van der Waals surface area contributed by atoms with Crippen LogP contribution in [0, 0.1) is 0 Å². The summed E-state index contributed by atoms with van der Waals surface area (Å²) in [7, 11) is 0. The third-order valence-electron chi connectivity index (χ3n) is 6.88. The first-order chi connectivity index (χ1) is 21.2. The Kier molecular flexibility index (Phi) is 11.3. The molecule has 1 aliphatic heterocycles. The monoisotopic (exact) mass is 696 g/mol. The van der Waals surface area contributed by atoms with Gasteiger partial charge in [-0.1, -0.05) is 72.8 Å². The summed E-state index contributed by atoms with van der Waals surface area (Å²) in [6.45, 7) is 1.59. The van der Waals surface area contributed by atoms with Gasteiger partial charge in [-0.3, -0.25) is 14.4 Å². The molecule has 0 aliphatic carbocycles. The highest BCUT2D eigenvalue weighted by Gasteiger charge is 2.16. The van der Waals surface area contributed by atoms with Gasteiger partial charge in [0.15, 0.2) is 0 Å². The Morgan fingerprint density at radius 1 is 0.773 bits per heavy atom. The van der Waals surface area contributed by atoms with E-state index in [0.717, 1.165) is 41.4 Å². The lowest BCUT2D eigenvalue weighted by Crippen LogP contribution is -2.25. The molecule has 0 bridgehead atoms. The third-order valence-corrected chi connectivity index (χ3v) is 8.80. The van der Waals surface area contributed by atoms with E-state index in [2.05, 4.69) is 104 Å². The molecule has 4 nitrogen and oxygen atoms in total. The molecule has 1 aliphatic rings. The van der Waals surface area contributed by atoms with Crippen molar-refractivity contribution in [2.45, 2.75) is 12.8 Å². The fourth-order valence-corrected chi connectivity index (χ4v) is 6.45. The number of halogens is 3. The molecule has 1 N–H and O–H groups in total. The molecule has 6 aromatic rings. The van der Waals surface area contributed by atoms with Gasteiger partial charge < -0.3 is 5.32 Å². The van der Waals surface area contributed by atoms with Gasteiger partial charge in [-0.15, -0.1) is 22.7 Å². The van der Waals surface area contributed by atoms with Crippen LogP contribution >= 0.6 is 61.6 Å². The maximum absolute atomic E-state index is 12.1. The molecule has 3 heterocycles. The van der Waals surface area contributed by atoms with E-state index in [1.807, 2.05) is 59.9 Å². The molecule has 0 fully saturated rings. The summed E-state index contributed by atoms with van der Waals surface area (Å²) in [5, 5.41) is 8.80. The van der Waals surface area contributed by atoms with Gasteiger partial charge in [0.25, 0.3) is 5.91 Å². The minimum Gasteiger partial charge on any atom is -0.352 e. The minimum absolute atomic E-state index is 0.00712. The van der Waals surface area contributed by atoms with E-state index in [9.17, 15) is 9.36 Å². The largest absolute Gasteiger partial charge is 0.352 e.